The Balaban J connectivity index is 2.15. The molecule has 23 heavy (non-hydrogen) atoms. The number of aromatic nitrogens is 1. The minimum absolute atomic E-state index is 0.869. The lowest BCUT2D eigenvalue weighted by molar-refractivity contribution is 0.389. The first-order valence-corrected chi connectivity index (χ1v) is 8.71. The standard InChI is InChI=1S/C18H35N5/c1-19-18(23(5)16-17-12-11-15-22(17)4)20-13-9-7-6-8-10-14-21(2)3/h11-12,15H,6-10,13-14,16H2,1-5H3,(H,19,20). The van der Waals surface area contributed by atoms with Gasteiger partial charge in [-0.05, 0) is 45.6 Å². The molecule has 0 amide bonds. The molecule has 5 heteroatoms. The summed E-state index contributed by atoms with van der Waals surface area (Å²) in [6.45, 7) is 3.07. The van der Waals surface area contributed by atoms with Crippen molar-refractivity contribution in [2.24, 2.45) is 12.0 Å². The van der Waals surface area contributed by atoms with Crippen LogP contribution in [0.4, 0.5) is 0 Å². The Labute approximate surface area is 142 Å². The highest BCUT2D eigenvalue weighted by Gasteiger charge is 2.07. The van der Waals surface area contributed by atoms with Gasteiger partial charge in [-0.25, -0.2) is 0 Å². The summed E-state index contributed by atoms with van der Waals surface area (Å²) in [5.41, 5.74) is 1.29. The van der Waals surface area contributed by atoms with Crippen LogP contribution in [0.2, 0.25) is 0 Å². The minimum Gasteiger partial charge on any atom is -0.356 e. The summed E-state index contributed by atoms with van der Waals surface area (Å²) >= 11 is 0. The summed E-state index contributed by atoms with van der Waals surface area (Å²) in [6, 6.07) is 4.23. The Kier molecular flexibility index (Phi) is 9.45. The molecular weight excluding hydrogens is 286 g/mol. The van der Waals surface area contributed by atoms with Gasteiger partial charge in [0.2, 0.25) is 0 Å². The van der Waals surface area contributed by atoms with E-state index in [1.807, 2.05) is 7.05 Å². The zero-order valence-electron chi connectivity index (χ0n) is 15.7. The molecule has 1 heterocycles. The average molecular weight is 322 g/mol. The fraction of sp³-hybridized carbons (Fsp3) is 0.722. The number of guanidine groups is 1. The van der Waals surface area contributed by atoms with E-state index in [0.29, 0.717) is 0 Å². The van der Waals surface area contributed by atoms with Gasteiger partial charge in [0.15, 0.2) is 5.96 Å². The fourth-order valence-corrected chi connectivity index (χ4v) is 2.65. The number of aryl methyl sites for hydroxylation is 1. The second-order valence-corrected chi connectivity index (χ2v) is 6.51. The van der Waals surface area contributed by atoms with Gasteiger partial charge in [0.05, 0.1) is 6.54 Å². The zero-order chi connectivity index (χ0) is 17.1. The number of nitrogens with zero attached hydrogens (tertiary/aromatic N) is 4. The molecule has 0 saturated heterocycles. The Morgan fingerprint density at radius 2 is 1.83 bits per heavy atom. The van der Waals surface area contributed by atoms with Gasteiger partial charge in [-0.2, -0.15) is 0 Å². The molecule has 1 aromatic heterocycles. The molecule has 132 valence electrons. The molecule has 0 aliphatic carbocycles. The van der Waals surface area contributed by atoms with E-state index in [9.17, 15) is 0 Å². The molecule has 1 rings (SSSR count). The van der Waals surface area contributed by atoms with Crippen LogP contribution >= 0.6 is 0 Å². The topological polar surface area (TPSA) is 35.8 Å². The van der Waals surface area contributed by atoms with Crippen molar-refractivity contribution >= 4 is 5.96 Å². The number of aliphatic imine (C=N–C) groups is 1. The van der Waals surface area contributed by atoms with Crippen LogP contribution in [0.25, 0.3) is 0 Å². The molecule has 1 N–H and O–H groups in total. The lowest BCUT2D eigenvalue weighted by Gasteiger charge is -2.22. The van der Waals surface area contributed by atoms with Crippen molar-refractivity contribution in [1.29, 1.82) is 0 Å². The molecule has 0 aliphatic rings. The number of nitrogens with one attached hydrogen (secondary N) is 1. The second-order valence-electron chi connectivity index (χ2n) is 6.51. The third kappa shape index (κ3) is 8.07. The van der Waals surface area contributed by atoms with Crippen LogP contribution in [-0.4, -0.2) is 61.6 Å². The van der Waals surface area contributed by atoms with Gasteiger partial charge in [-0.15, -0.1) is 0 Å². The molecule has 0 bridgehead atoms. The van der Waals surface area contributed by atoms with Gasteiger partial charge in [0.25, 0.3) is 0 Å². The SMILES string of the molecule is CN=C(NCCCCCCCN(C)C)N(C)Cc1cccn1C. The Morgan fingerprint density at radius 1 is 1.13 bits per heavy atom. The third-order valence-corrected chi connectivity index (χ3v) is 4.09. The van der Waals surface area contributed by atoms with Crippen molar-refractivity contribution in [2.75, 3.05) is 41.3 Å². The summed E-state index contributed by atoms with van der Waals surface area (Å²) < 4.78 is 2.15. The van der Waals surface area contributed by atoms with Crippen LogP contribution in [0.5, 0.6) is 0 Å². The molecule has 0 unspecified atom stereocenters. The Bertz CT molecular complexity index is 450. The van der Waals surface area contributed by atoms with Crippen LogP contribution in [0.3, 0.4) is 0 Å². The van der Waals surface area contributed by atoms with E-state index in [2.05, 4.69) is 71.2 Å². The highest BCUT2D eigenvalue weighted by atomic mass is 15.3. The molecule has 0 radical (unpaired) electrons. The lowest BCUT2D eigenvalue weighted by atomic mass is 10.1. The van der Waals surface area contributed by atoms with E-state index >= 15 is 0 Å². The summed E-state index contributed by atoms with van der Waals surface area (Å²) in [5.74, 6) is 0.971. The van der Waals surface area contributed by atoms with Gasteiger partial charge in [0.1, 0.15) is 0 Å². The van der Waals surface area contributed by atoms with Crippen LogP contribution in [-0.2, 0) is 13.6 Å². The maximum Gasteiger partial charge on any atom is 0.193 e. The maximum atomic E-state index is 4.38. The summed E-state index contributed by atoms with van der Waals surface area (Å²) in [5, 5.41) is 3.47. The smallest absolute Gasteiger partial charge is 0.193 e. The van der Waals surface area contributed by atoms with Crippen molar-refractivity contribution in [2.45, 2.75) is 38.6 Å². The first kappa shape index (κ1) is 19.6. The van der Waals surface area contributed by atoms with Crippen molar-refractivity contribution in [3.63, 3.8) is 0 Å². The summed E-state index contributed by atoms with van der Waals surface area (Å²) in [7, 11) is 10.3. The monoisotopic (exact) mass is 321 g/mol. The predicted molar refractivity (Wildman–Crippen MR) is 99.9 cm³/mol. The summed E-state index contributed by atoms with van der Waals surface area (Å²) in [4.78, 5) is 8.81. The van der Waals surface area contributed by atoms with E-state index in [0.717, 1.165) is 19.0 Å². The average Bonchev–Trinajstić information content (AvgIpc) is 2.90. The van der Waals surface area contributed by atoms with E-state index in [-0.39, 0.29) is 0 Å². The quantitative estimate of drug-likeness (QED) is 0.409. The number of rotatable bonds is 10. The van der Waals surface area contributed by atoms with Gasteiger partial charge >= 0.3 is 0 Å². The third-order valence-electron chi connectivity index (χ3n) is 4.09. The molecular formula is C18H35N5. The molecule has 0 spiro atoms. The van der Waals surface area contributed by atoms with Crippen LogP contribution in [0.15, 0.2) is 23.3 Å². The molecule has 5 nitrogen and oxygen atoms in total. The predicted octanol–water partition coefficient (Wildman–Crippen LogP) is 2.54. The van der Waals surface area contributed by atoms with E-state index in [4.69, 9.17) is 0 Å². The van der Waals surface area contributed by atoms with Crippen molar-refractivity contribution in [1.82, 2.24) is 19.7 Å². The zero-order valence-corrected chi connectivity index (χ0v) is 15.7. The van der Waals surface area contributed by atoms with Gasteiger partial charge in [-0.3, -0.25) is 4.99 Å². The van der Waals surface area contributed by atoms with Gasteiger partial charge < -0.3 is 19.7 Å². The minimum atomic E-state index is 0.869. The van der Waals surface area contributed by atoms with Crippen LogP contribution < -0.4 is 5.32 Å². The maximum absolute atomic E-state index is 4.38. The molecule has 0 aliphatic heterocycles. The first-order valence-electron chi connectivity index (χ1n) is 8.71. The van der Waals surface area contributed by atoms with E-state index in [1.54, 1.807) is 0 Å². The molecule has 0 atom stereocenters. The molecule has 0 saturated carbocycles. The Hall–Kier alpha value is -1.49. The number of hydrogen-bond donors (Lipinski definition) is 1. The molecule has 0 aromatic carbocycles. The van der Waals surface area contributed by atoms with Crippen LogP contribution in [0.1, 0.15) is 37.8 Å². The van der Waals surface area contributed by atoms with Crippen molar-refractivity contribution in [3.8, 4) is 0 Å². The Morgan fingerprint density at radius 3 is 2.43 bits per heavy atom. The van der Waals surface area contributed by atoms with Crippen molar-refractivity contribution in [3.05, 3.63) is 24.0 Å². The second kappa shape index (κ2) is 11.1. The van der Waals surface area contributed by atoms with Gasteiger partial charge in [-0.1, -0.05) is 19.3 Å². The number of unbranched alkanes of at least 4 members (excludes halogenated alkanes) is 4. The molecule has 1 aromatic rings. The highest BCUT2D eigenvalue weighted by Crippen LogP contribution is 2.05. The van der Waals surface area contributed by atoms with Crippen LogP contribution in [0, 0.1) is 0 Å². The van der Waals surface area contributed by atoms with E-state index < -0.39 is 0 Å². The largest absolute Gasteiger partial charge is 0.356 e. The van der Waals surface area contributed by atoms with Gasteiger partial charge in [0, 0.05) is 39.6 Å². The van der Waals surface area contributed by atoms with E-state index in [1.165, 1.54) is 44.3 Å². The summed E-state index contributed by atoms with van der Waals surface area (Å²) in [6.07, 6.45) is 8.54. The normalized spacial score (nSPS) is 12.0. The lowest BCUT2D eigenvalue weighted by Crippen LogP contribution is -2.39. The fourth-order valence-electron chi connectivity index (χ4n) is 2.65. The number of hydrogen-bond acceptors (Lipinski definition) is 2. The molecule has 0 fully saturated rings. The first-order chi connectivity index (χ1) is 11.0. The highest BCUT2D eigenvalue weighted by molar-refractivity contribution is 5.79. The van der Waals surface area contributed by atoms with Crippen molar-refractivity contribution < 1.29 is 0 Å².